The van der Waals surface area contributed by atoms with Gasteiger partial charge in [-0.25, -0.2) is 0 Å². The third kappa shape index (κ3) is 11.4. The van der Waals surface area contributed by atoms with Crippen LogP contribution < -0.4 is 10.6 Å². The molecule has 0 rings (SSSR count). The summed E-state index contributed by atoms with van der Waals surface area (Å²) in [4.78, 5) is 10.0. The van der Waals surface area contributed by atoms with Gasteiger partial charge in [-0.3, -0.25) is 9.98 Å². The summed E-state index contributed by atoms with van der Waals surface area (Å²) in [5, 5.41) is 7.21. The Labute approximate surface area is 196 Å². The van der Waals surface area contributed by atoms with Gasteiger partial charge in [-0.2, -0.15) is 0 Å². The van der Waals surface area contributed by atoms with Crippen molar-refractivity contribution < 1.29 is 0 Å². The van der Waals surface area contributed by atoms with Gasteiger partial charge in [0.1, 0.15) is 0 Å². The standard InChI is InChI=1S/C23H54N6Si2/c1-18(2)26-22(28(20(5)6)30(9,10)11)24-16-15-17-25-23(27-19(3)4)29(21(7)8)31(12,13)14/h18-21H,15-17H2,1-14H3,(H,24,26)(H,25,27). The van der Waals surface area contributed by atoms with Gasteiger partial charge in [-0.05, 0) is 61.8 Å². The van der Waals surface area contributed by atoms with Gasteiger partial charge in [-0.1, -0.05) is 39.3 Å². The van der Waals surface area contributed by atoms with E-state index in [4.69, 9.17) is 9.98 Å². The van der Waals surface area contributed by atoms with E-state index in [-0.39, 0.29) is 0 Å². The summed E-state index contributed by atoms with van der Waals surface area (Å²) in [7, 11) is -3.07. The molecule has 0 saturated heterocycles. The monoisotopic (exact) mass is 470 g/mol. The fourth-order valence-corrected chi connectivity index (χ4v) is 8.65. The zero-order valence-electron chi connectivity index (χ0n) is 23.2. The molecule has 0 aromatic heterocycles. The first-order valence-corrected chi connectivity index (χ1v) is 19.1. The highest BCUT2D eigenvalue weighted by Gasteiger charge is 2.30. The second-order valence-electron chi connectivity index (χ2n) is 11.6. The molecule has 8 heteroatoms. The number of hydrogen-bond acceptors (Lipinski definition) is 2. The summed E-state index contributed by atoms with van der Waals surface area (Å²) in [6, 6.07) is 1.61. The van der Waals surface area contributed by atoms with Crippen molar-refractivity contribution in [3.05, 3.63) is 0 Å². The van der Waals surface area contributed by atoms with E-state index >= 15 is 0 Å². The van der Waals surface area contributed by atoms with Crippen LogP contribution in [0.15, 0.2) is 9.98 Å². The van der Waals surface area contributed by atoms with Crippen molar-refractivity contribution >= 4 is 28.4 Å². The molecule has 0 amide bonds. The first-order chi connectivity index (χ1) is 14.0. The van der Waals surface area contributed by atoms with Crippen molar-refractivity contribution in [1.29, 1.82) is 0 Å². The minimum absolute atomic E-state index is 0.368. The minimum atomic E-state index is -1.53. The SMILES string of the molecule is CC(C)NC(=NCCCN=C(NC(C)C)N(C(C)C)[Si](C)(C)C)N(C(C)C)[Si](C)(C)C. The summed E-state index contributed by atoms with van der Waals surface area (Å²) >= 11 is 0. The molecular formula is C23H54N6Si2. The number of aliphatic imine (C=N–C) groups is 2. The molecule has 2 N–H and O–H groups in total. The molecule has 0 fully saturated rings. The Morgan fingerprint density at radius 1 is 0.613 bits per heavy atom. The smallest absolute Gasteiger partial charge is 0.186 e. The van der Waals surface area contributed by atoms with Gasteiger partial charge in [0.05, 0.1) is 0 Å². The molecule has 0 aromatic rings. The lowest BCUT2D eigenvalue weighted by atomic mass is 10.3. The summed E-state index contributed by atoms with van der Waals surface area (Å²) < 4.78 is 5.04. The van der Waals surface area contributed by atoms with Crippen LogP contribution in [0.4, 0.5) is 0 Å². The lowest BCUT2D eigenvalue weighted by Gasteiger charge is -2.41. The van der Waals surface area contributed by atoms with E-state index in [0.29, 0.717) is 24.2 Å². The molecule has 0 aliphatic carbocycles. The van der Waals surface area contributed by atoms with Crippen LogP contribution in [0.5, 0.6) is 0 Å². The molecular weight excluding hydrogens is 416 g/mol. The number of hydrogen-bond donors (Lipinski definition) is 2. The molecule has 0 saturated carbocycles. The maximum Gasteiger partial charge on any atom is 0.186 e. The van der Waals surface area contributed by atoms with Crippen molar-refractivity contribution in [3.63, 3.8) is 0 Å². The highest BCUT2D eigenvalue weighted by atomic mass is 28.3. The molecule has 0 spiro atoms. The van der Waals surface area contributed by atoms with Crippen molar-refractivity contribution in [1.82, 2.24) is 19.8 Å². The van der Waals surface area contributed by atoms with Gasteiger partial charge in [0, 0.05) is 37.3 Å². The van der Waals surface area contributed by atoms with E-state index in [1.807, 2.05) is 0 Å². The lowest BCUT2D eigenvalue weighted by molar-refractivity contribution is 0.473. The van der Waals surface area contributed by atoms with E-state index < -0.39 is 16.5 Å². The van der Waals surface area contributed by atoms with Crippen LogP contribution in [0.3, 0.4) is 0 Å². The third-order valence-electron chi connectivity index (χ3n) is 4.61. The second-order valence-corrected chi connectivity index (χ2v) is 21.3. The first-order valence-electron chi connectivity index (χ1n) is 12.2. The van der Waals surface area contributed by atoms with E-state index in [1.165, 1.54) is 0 Å². The second kappa shape index (κ2) is 12.9. The Kier molecular flexibility index (Phi) is 12.4. The van der Waals surface area contributed by atoms with E-state index in [1.54, 1.807) is 0 Å². The Bertz CT molecular complexity index is 522. The van der Waals surface area contributed by atoms with Crippen LogP contribution in [0.25, 0.3) is 0 Å². The molecule has 0 aromatic carbocycles. The van der Waals surface area contributed by atoms with Gasteiger partial charge in [-0.15, -0.1) is 0 Å². The number of rotatable bonds is 10. The van der Waals surface area contributed by atoms with Crippen LogP contribution >= 0.6 is 0 Å². The maximum atomic E-state index is 5.01. The topological polar surface area (TPSA) is 55.3 Å². The number of guanidine groups is 2. The Hall–Kier alpha value is -1.03. The number of nitrogens with zero attached hydrogens (tertiary/aromatic N) is 4. The summed E-state index contributed by atoms with van der Waals surface area (Å²) in [5.41, 5.74) is 0. The molecule has 31 heavy (non-hydrogen) atoms. The largest absolute Gasteiger partial charge is 0.368 e. The average molecular weight is 471 g/mol. The van der Waals surface area contributed by atoms with Crippen LogP contribution in [0, 0.1) is 0 Å². The maximum absolute atomic E-state index is 5.01. The Balaban J connectivity index is 5.49. The van der Waals surface area contributed by atoms with Gasteiger partial charge in [0.25, 0.3) is 0 Å². The summed E-state index contributed by atoms with van der Waals surface area (Å²) in [6.07, 6.45) is 0.946. The predicted octanol–water partition coefficient (Wildman–Crippen LogP) is 5.18. The Morgan fingerprint density at radius 3 is 1.10 bits per heavy atom. The van der Waals surface area contributed by atoms with Crippen LogP contribution in [-0.4, -0.2) is 74.8 Å². The van der Waals surface area contributed by atoms with Crippen molar-refractivity contribution in [2.75, 3.05) is 13.1 Å². The Morgan fingerprint density at radius 2 is 0.903 bits per heavy atom. The first kappa shape index (κ1) is 30.0. The molecule has 0 atom stereocenters. The van der Waals surface area contributed by atoms with Gasteiger partial charge in [0.2, 0.25) is 0 Å². The van der Waals surface area contributed by atoms with E-state index in [0.717, 1.165) is 31.4 Å². The molecule has 184 valence electrons. The van der Waals surface area contributed by atoms with E-state index in [2.05, 4.69) is 114 Å². The average Bonchev–Trinajstić information content (AvgIpc) is 2.49. The van der Waals surface area contributed by atoms with Crippen molar-refractivity contribution in [3.8, 4) is 0 Å². The van der Waals surface area contributed by atoms with Crippen LogP contribution in [-0.2, 0) is 0 Å². The van der Waals surface area contributed by atoms with Crippen LogP contribution in [0.1, 0.15) is 61.8 Å². The fraction of sp³-hybridized carbons (Fsp3) is 0.913. The normalized spacial score (nSPS) is 14.1. The minimum Gasteiger partial charge on any atom is -0.368 e. The highest BCUT2D eigenvalue weighted by Crippen LogP contribution is 2.16. The predicted molar refractivity (Wildman–Crippen MR) is 146 cm³/mol. The van der Waals surface area contributed by atoms with Crippen molar-refractivity contribution in [2.45, 2.75) is 125 Å². The zero-order valence-corrected chi connectivity index (χ0v) is 25.2. The third-order valence-corrected chi connectivity index (χ3v) is 8.96. The summed E-state index contributed by atoms with van der Waals surface area (Å²) in [5.74, 6) is 2.11. The molecule has 0 bridgehead atoms. The molecule has 0 unspecified atom stereocenters. The van der Waals surface area contributed by atoms with Gasteiger partial charge in [0.15, 0.2) is 28.4 Å². The molecule has 0 radical (unpaired) electrons. The van der Waals surface area contributed by atoms with Crippen LogP contribution in [0.2, 0.25) is 39.3 Å². The van der Waals surface area contributed by atoms with Gasteiger partial charge < -0.3 is 19.8 Å². The fourth-order valence-electron chi connectivity index (χ4n) is 4.01. The molecule has 0 aliphatic rings. The lowest BCUT2D eigenvalue weighted by Crippen LogP contribution is -2.58. The molecule has 0 heterocycles. The zero-order chi connectivity index (χ0) is 24.6. The quantitative estimate of drug-likeness (QED) is 0.200. The number of nitrogens with one attached hydrogen (secondary N) is 2. The van der Waals surface area contributed by atoms with Crippen molar-refractivity contribution in [2.24, 2.45) is 9.98 Å². The summed E-state index contributed by atoms with van der Waals surface area (Å²) in [6.45, 7) is 33.7. The molecule has 0 aliphatic heterocycles. The van der Waals surface area contributed by atoms with E-state index in [9.17, 15) is 0 Å². The van der Waals surface area contributed by atoms with Gasteiger partial charge >= 0.3 is 0 Å². The molecule has 6 nitrogen and oxygen atoms in total. The highest BCUT2D eigenvalue weighted by molar-refractivity contribution is 6.76.